The molecule has 0 saturated heterocycles. The number of carbonyl (C=O) groups excluding carboxylic acids is 1. The number of hydrogen-bond donors (Lipinski definition) is 0. The van der Waals surface area contributed by atoms with Gasteiger partial charge in [-0.05, 0) is 49.1 Å². The van der Waals surface area contributed by atoms with E-state index in [-0.39, 0.29) is 16.9 Å². The number of benzene rings is 3. The molecule has 0 radical (unpaired) electrons. The van der Waals surface area contributed by atoms with E-state index in [2.05, 4.69) is 69.3 Å². The largest absolute Gasteiger partial charge is 0.303 e. The number of carbonyl (C=O) groups is 1. The van der Waals surface area contributed by atoms with Gasteiger partial charge in [-0.3, -0.25) is 4.79 Å². The quantitative estimate of drug-likeness (QED) is 0.493. The summed E-state index contributed by atoms with van der Waals surface area (Å²) in [6, 6.07) is 28.9. The number of para-hydroxylation sites is 1. The van der Waals surface area contributed by atoms with E-state index in [1.807, 2.05) is 47.4 Å². The monoisotopic (exact) mass is 381 g/mol. The van der Waals surface area contributed by atoms with Gasteiger partial charge in [0.15, 0.2) is 0 Å². The summed E-state index contributed by atoms with van der Waals surface area (Å²) in [4.78, 5) is 15.3. The molecule has 2 heteroatoms. The third kappa shape index (κ3) is 3.51. The Kier molecular flexibility index (Phi) is 4.87. The van der Waals surface area contributed by atoms with Crippen LogP contribution >= 0.6 is 0 Å². The van der Waals surface area contributed by atoms with E-state index in [0.717, 1.165) is 17.7 Å². The number of anilines is 1. The van der Waals surface area contributed by atoms with Crippen LogP contribution in [-0.2, 0) is 10.2 Å². The van der Waals surface area contributed by atoms with Gasteiger partial charge in [0.2, 0.25) is 0 Å². The van der Waals surface area contributed by atoms with Crippen molar-refractivity contribution in [1.82, 2.24) is 0 Å². The highest BCUT2D eigenvalue weighted by molar-refractivity contribution is 6.06. The Balaban J connectivity index is 1.78. The fourth-order valence-electron chi connectivity index (χ4n) is 4.79. The molecule has 0 aromatic heterocycles. The minimum Gasteiger partial charge on any atom is -0.303 e. The first-order chi connectivity index (χ1) is 13.9. The van der Waals surface area contributed by atoms with Crippen LogP contribution in [0.5, 0.6) is 0 Å². The van der Waals surface area contributed by atoms with E-state index in [1.165, 1.54) is 11.1 Å². The molecule has 1 heterocycles. The minimum absolute atomic E-state index is 0.0152. The van der Waals surface area contributed by atoms with Crippen molar-refractivity contribution >= 4 is 17.7 Å². The Morgan fingerprint density at radius 3 is 2.10 bits per heavy atom. The predicted molar refractivity (Wildman–Crippen MR) is 121 cm³/mol. The van der Waals surface area contributed by atoms with E-state index in [4.69, 9.17) is 0 Å². The summed E-state index contributed by atoms with van der Waals surface area (Å²) in [7, 11) is 0. The molecule has 0 N–H and O–H groups in total. The van der Waals surface area contributed by atoms with Gasteiger partial charge in [-0.25, -0.2) is 0 Å². The van der Waals surface area contributed by atoms with Crippen molar-refractivity contribution in [1.29, 1.82) is 0 Å². The maximum absolute atomic E-state index is 13.3. The Labute approximate surface area is 173 Å². The lowest BCUT2D eigenvalue weighted by molar-refractivity contribution is -0.115. The van der Waals surface area contributed by atoms with Crippen molar-refractivity contribution in [3.63, 3.8) is 0 Å². The van der Waals surface area contributed by atoms with Crippen LogP contribution in [0.3, 0.4) is 0 Å². The second kappa shape index (κ2) is 7.36. The summed E-state index contributed by atoms with van der Waals surface area (Å²) < 4.78 is 0. The van der Waals surface area contributed by atoms with Gasteiger partial charge in [0, 0.05) is 22.7 Å². The van der Waals surface area contributed by atoms with Crippen LogP contribution in [0, 0.1) is 0 Å². The maximum atomic E-state index is 13.3. The smallest absolute Gasteiger partial charge is 0.251 e. The predicted octanol–water partition coefficient (Wildman–Crippen LogP) is 6.22. The molecular weight excluding hydrogens is 354 g/mol. The fourth-order valence-corrected chi connectivity index (χ4v) is 4.79. The summed E-state index contributed by atoms with van der Waals surface area (Å²) in [5, 5.41) is 0. The van der Waals surface area contributed by atoms with Gasteiger partial charge in [-0.1, -0.05) is 85.8 Å². The molecule has 146 valence electrons. The Bertz CT molecular complexity index is 1040. The van der Waals surface area contributed by atoms with Gasteiger partial charge in [0.05, 0.1) is 0 Å². The zero-order valence-corrected chi connectivity index (χ0v) is 17.3. The van der Waals surface area contributed by atoms with Crippen molar-refractivity contribution in [3.05, 3.63) is 108 Å². The van der Waals surface area contributed by atoms with E-state index in [0.29, 0.717) is 0 Å². The molecule has 3 aromatic carbocycles. The van der Waals surface area contributed by atoms with Crippen molar-refractivity contribution < 1.29 is 4.79 Å². The Morgan fingerprint density at radius 2 is 1.41 bits per heavy atom. The number of rotatable bonds is 3. The van der Waals surface area contributed by atoms with Gasteiger partial charge in [-0.15, -0.1) is 0 Å². The number of nitrogens with zero attached hydrogens (tertiary/aromatic N) is 1. The Morgan fingerprint density at radius 1 is 0.828 bits per heavy atom. The molecule has 1 atom stereocenters. The fraction of sp³-hybridized carbons (Fsp3) is 0.222. The molecule has 2 nitrogen and oxygen atoms in total. The van der Waals surface area contributed by atoms with E-state index < -0.39 is 0 Å². The highest BCUT2D eigenvalue weighted by Crippen LogP contribution is 2.50. The summed E-state index contributed by atoms with van der Waals surface area (Å²) in [6.45, 7) is 6.63. The third-order valence-electron chi connectivity index (χ3n) is 5.98. The first-order valence-electron chi connectivity index (χ1n) is 10.1. The van der Waals surface area contributed by atoms with Crippen molar-refractivity contribution in [3.8, 4) is 0 Å². The number of fused-ring (bicyclic) bond motifs is 1. The third-order valence-corrected chi connectivity index (χ3v) is 5.98. The zero-order chi connectivity index (χ0) is 20.5. The van der Waals surface area contributed by atoms with Crippen LogP contribution in [0.2, 0.25) is 0 Å². The molecular formula is C27H27NO. The van der Waals surface area contributed by atoms with Crippen LogP contribution in [0.1, 0.15) is 43.9 Å². The van der Waals surface area contributed by atoms with Gasteiger partial charge < -0.3 is 4.90 Å². The highest BCUT2D eigenvalue weighted by atomic mass is 16.2. The molecule has 29 heavy (non-hydrogen) atoms. The molecule has 1 amide bonds. The molecule has 0 bridgehead atoms. The van der Waals surface area contributed by atoms with E-state index in [9.17, 15) is 4.79 Å². The SMILES string of the molecule is CC1(C)C[C@](C)(c2ccccc2)c2ccccc2N1C(=O)C=Cc1ccccc1. The standard InChI is InChI=1S/C27H27NO/c1-26(2)20-27(3,22-14-8-5-9-15-22)23-16-10-11-17-24(23)28(26)25(29)19-18-21-12-6-4-7-13-21/h4-19H,20H2,1-3H3/t27-/m1/s1. The number of amides is 1. The lowest BCUT2D eigenvalue weighted by atomic mass is 9.65. The van der Waals surface area contributed by atoms with E-state index >= 15 is 0 Å². The average Bonchev–Trinajstić information content (AvgIpc) is 2.73. The second-order valence-electron chi connectivity index (χ2n) is 8.62. The lowest BCUT2D eigenvalue weighted by Gasteiger charge is -2.51. The van der Waals surface area contributed by atoms with Gasteiger partial charge in [0.25, 0.3) is 5.91 Å². The highest BCUT2D eigenvalue weighted by Gasteiger charge is 2.47. The second-order valence-corrected chi connectivity index (χ2v) is 8.62. The maximum Gasteiger partial charge on any atom is 0.251 e. The van der Waals surface area contributed by atoms with Crippen LogP contribution < -0.4 is 4.90 Å². The van der Waals surface area contributed by atoms with Gasteiger partial charge >= 0.3 is 0 Å². The molecule has 4 rings (SSSR count). The lowest BCUT2D eigenvalue weighted by Crippen LogP contribution is -2.55. The summed E-state index contributed by atoms with van der Waals surface area (Å²) >= 11 is 0. The summed E-state index contributed by atoms with van der Waals surface area (Å²) in [5.74, 6) is 0.0152. The number of hydrogen-bond acceptors (Lipinski definition) is 1. The normalized spacial score (nSPS) is 20.4. The van der Waals surface area contributed by atoms with Crippen molar-refractivity contribution in [2.24, 2.45) is 0 Å². The molecule has 0 fully saturated rings. The van der Waals surface area contributed by atoms with Crippen LogP contribution in [0.25, 0.3) is 6.08 Å². The first kappa shape index (κ1) is 19.2. The molecule has 1 aliphatic heterocycles. The van der Waals surface area contributed by atoms with Crippen LogP contribution in [0.4, 0.5) is 5.69 Å². The molecule has 1 aliphatic rings. The minimum atomic E-state index is -0.322. The topological polar surface area (TPSA) is 20.3 Å². The first-order valence-corrected chi connectivity index (χ1v) is 10.1. The van der Waals surface area contributed by atoms with Crippen molar-refractivity contribution in [2.75, 3.05) is 4.90 Å². The van der Waals surface area contributed by atoms with Gasteiger partial charge in [0.1, 0.15) is 0 Å². The molecule has 0 unspecified atom stereocenters. The average molecular weight is 382 g/mol. The summed E-state index contributed by atoms with van der Waals surface area (Å²) in [5.41, 5.74) is 4.04. The summed E-state index contributed by atoms with van der Waals surface area (Å²) in [6.07, 6.45) is 4.44. The molecule has 3 aromatic rings. The molecule has 0 spiro atoms. The van der Waals surface area contributed by atoms with Crippen LogP contribution in [-0.4, -0.2) is 11.4 Å². The van der Waals surface area contributed by atoms with Crippen LogP contribution in [0.15, 0.2) is 91.0 Å². The van der Waals surface area contributed by atoms with Gasteiger partial charge in [-0.2, -0.15) is 0 Å². The van der Waals surface area contributed by atoms with Crippen molar-refractivity contribution in [2.45, 2.75) is 38.1 Å². The Hall–Kier alpha value is -3.13. The van der Waals surface area contributed by atoms with E-state index in [1.54, 1.807) is 6.08 Å². The molecule has 0 saturated carbocycles. The molecule has 0 aliphatic carbocycles. The zero-order valence-electron chi connectivity index (χ0n) is 17.3.